The fourth-order valence-electron chi connectivity index (χ4n) is 2.09. The van der Waals surface area contributed by atoms with Crippen LogP contribution in [-0.4, -0.2) is 18.6 Å². The Morgan fingerprint density at radius 2 is 2.24 bits per heavy atom. The number of urea groups is 1. The highest BCUT2D eigenvalue weighted by Gasteiger charge is 2.16. The molecule has 1 aromatic rings. The van der Waals surface area contributed by atoms with Crippen LogP contribution in [0.1, 0.15) is 30.6 Å². The number of thiophene rings is 1. The first-order valence-electron chi connectivity index (χ1n) is 6.01. The summed E-state index contributed by atoms with van der Waals surface area (Å²) in [5.74, 6) is 0. The van der Waals surface area contributed by atoms with E-state index in [1.165, 1.54) is 17.7 Å². The highest BCUT2D eigenvalue weighted by Crippen LogP contribution is 2.20. The maximum absolute atomic E-state index is 11.6. The van der Waals surface area contributed by atoms with Crippen LogP contribution < -0.4 is 10.6 Å². The zero-order valence-corrected chi connectivity index (χ0v) is 12.1. The summed E-state index contributed by atoms with van der Waals surface area (Å²) in [5.41, 5.74) is 0. The van der Waals surface area contributed by atoms with Crippen LogP contribution in [0.25, 0.3) is 0 Å². The van der Waals surface area contributed by atoms with Gasteiger partial charge < -0.3 is 10.6 Å². The zero-order valence-electron chi connectivity index (χ0n) is 9.67. The smallest absolute Gasteiger partial charge is 0.315 e. The quantitative estimate of drug-likeness (QED) is 0.879. The van der Waals surface area contributed by atoms with E-state index in [1.807, 2.05) is 0 Å². The van der Waals surface area contributed by atoms with Crippen molar-refractivity contribution in [2.24, 2.45) is 0 Å². The van der Waals surface area contributed by atoms with Gasteiger partial charge in [0.1, 0.15) is 0 Å². The number of carbonyl (C=O) groups excluding carboxylic acids is 1. The molecule has 3 nitrogen and oxygen atoms in total. The minimum Gasteiger partial charge on any atom is -0.338 e. The molecule has 0 saturated heterocycles. The molecule has 0 unspecified atom stereocenters. The minimum absolute atomic E-state index is 0.0208. The van der Waals surface area contributed by atoms with Gasteiger partial charge in [-0.25, -0.2) is 4.79 Å². The number of hydrogen-bond donors (Lipinski definition) is 2. The molecule has 1 heterocycles. The van der Waals surface area contributed by atoms with Crippen LogP contribution in [0.15, 0.2) is 15.9 Å². The molecule has 0 aliphatic heterocycles. The molecule has 1 aromatic heterocycles. The van der Waals surface area contributed by atoms with Gasteiger partial charge in [0.15, 0.2) is 0 Å². The first-order valence-corrected chi connectivity index (χ1v) is 7.68. The van der Waals surface area contributed by atoms with E-state index >= 15 is 0 Å². The van der Waals surface area contributed by atoms with Gasteiger partial charge in [-0.15, -0.1) is 11.3 Å². The molecule has 1 aliphatic rings. The van der Waals surface area contributed by atoms with Crippen molar-refractivity contribution in [2.75, 3.05) is 6.54 Å². The number of hydrogen-bond acceptors (Lipinski definition) is 2. The second-order valence-electron chi connectivity index (χ2n) is 4.36. The second-order valence-corrected chi connectivity index (χ2v) is 6.27. The molecular formula is C12H17BrN2OS. The Balaban J connectivity index is 1.62. The maximum Gasteiger partial charge on any atom is 0.315 e. The third kappa shape index (κ3) is 4.32. The molecule has 2 N–H and O–H groups in total. The van der Waals surface area contributed by atoms with E-state index in [2.05, 4.69) is 38.0 Å². The average Bonchev–Trinajstić information content (AvgIpc) is 2.90. The third-order valence-electron chi connectivity index (χ3n) is 2.97. The fourth-order valence-corrected chi connectivity index (χ4v) is 3.55. The lowest BCUT2D eigenvalue weighted by atomic mass is 10.2. The van der Waals surface area contributed by atoms with Crippen molar-refractivity contribution in [3.8, 4) is 0 Å². The molecule has 0 atom stereocenters. The van der Waals surface area contributed by atoms with Crippen LogP contribution >= 0.6 is 27.3 Å². The van der Waals surface area contributed by atoms with Gasteiger partial charge in [-0.2, -0.15) is 0 Å². The van der Waals surface area contributed by atoms with Crippen molar-refractivity contribution >= 4 is 33.3 Å². The van der Waals surface area contributed by atoms with Crippen LogP contribution in [0.2, 0.25) is 0 Å². The molecule has 1 saturated carbocycles. The van der Waals surface area contributed by atoms with Gasteiger partial charge in [0.2, 0.25) is 0 Å². The average molecular weight is 317 g/mol. The van der Waals surface area contributed by atoms with Crippen molar-refractivity contribution in [1.29, 1.82) is 0 Å². The van der Waals surface area contributed by atoms with Crippen LogP contribution in [0.4, 0.5) is 4.79 Å². The van der Waals surface area contributed by atoms with E-state index in [0.29, 0.717) is 12.6 Å². The van der Waals surface area contributed by atoms with Gasteiger partial charge >= 0.3 is 6.03 Å². The zero-order chi connectivity index (χ0) is 12.1. The lowest BCUT2D eigenvalue weighted by Gasteiger charge is -2.12. The predicted molar refractivity (Wildman–Crippen MR) is 74.5 cm³/mol. The molecule has 94 valence electrons. The van der Waals surface area contributed by atoms with Crippen molar-refractivity contribution in [3.05, 3.63) is 20.8 Å². The highest BCUT2D eigenvalue weighted by atomic mass is 79.9. The number of rotatable bonds is 4. The fraction of sp³-hybridized carbons (Fsp3) is 0.583. The Labute approximate surface area is 114 Å². The van der Waals surface area contributed by atoms with Crippen molar-refractivity contribution in [2.45, 2.75) is 38.1 Å². The van der Waals surface area contributed by atoms with Crippen molar-refractivity contribution in [1.82, 2.24) is 10.6 Å². The van der Waals surface area contributed by atoms with Crippen LogP contribution in [-0.2, 0) is 6.42 Å². The predicted octanol–water partition coefficient (Wildman–Crippen LogP) is 3.29. The summed E-state index contributed by atoms with van der Waals surface area (Å²) in [5, 5.41) is 7.99. The Morgan fingerprint density at radius 1 is 1.47 bits per heavy atom. The van der Waals surface area contributed by atoms with Gasteiger partial charge in [0, 0.05) is 27.3 Å². The summed E-state index contributed by atoms with van der Waals surface area (Å²) in [7, 11) is 0. The number of nitrogens with one attached hydrogen (secondary N) is 2. The summed E-state index contributed by atoms with van der Waals surface area (Å²) in [6.45, 7) is 0.700. The molecule has 2 rings (SSSR count). The normalized spacial score (nSPS) is 16.1. The highest BCUT2D eigenvalue weighted by molar-refractivity contribution is 9.10. The number of amides is 2. The van der Waals surface area contributed by atoms with Gasteiger partial charge in [-0.1, -0.05) is 12.8 Å². The molecular weight excluding hydrogens is 300 g/mol. The summed E-state index contributed by atoms with van der Waals surface area (Å²) < 4.78 is 1.12. The molecule has 1 fully saturated rings. The van der Waals surface area contributed by atoms with Crippen molar-refractivity contribution < 1.29 is 4.79 Å². The molecule has 0 aromatic carbocycles. The molecule has 0 radical (unpaired) electrons. The Kier molecular flexibility index (Phi) is 4.86. The lowest BCUT2D eigenvalue weighted by molar-refractivity contribution is 0.237. The maximum atomic E-state index is 11.6. The third-order valence-corrected chi connectivity index (χ3v) is 4.73. The molecule has 17 heavy (non-hydrogen) atoms. The van der Waals surface area contributed by atoms with Crippen molar-refractivity contribution in [3.63, 3.8) is 0 Å². The molecule has 0 spiro atoms. The minimum atomic E-state index is -0.0208. The lowest BCUT2D eigenvalue weighted by Crippen LogP contribution is -2.41. The molecule has 1 aliphatic carbocycles. The Hall–Kier alpha value is -0.550. The Bertz CT molecular complexity index is 374. The van der Waals surface area contributed by atoms with Gasteiger partial charge in [0.25, 0.3) is 0 Å². The van der Waals surface area contributed by atoms with E-state index in [4.69, 9.17) is 0 Å². The van der Waals surface area contributed by atoms with Gasteiger partial charge in [-0.3, -0.25) is 0 Å². The standard InChI is InChI=1S/C12H17BrN2OS/c13-9-7-11(17-8-9)5-6-14-12(16)15-10-3-1-2-4-10/h7-8,10H,1-6H2,(H2,14,15,16). The summed E-state index contributed by atoms with van der Waals surface area (Å²) >= 11 is 5.14. The van der Waals surface area contributed by atoms with Gasteiger partial charge in [-0.05, 0) is 41.3 Å². The van der Waals surface area contributed by atoms with Crippen LogP contribution in [0.5, 0.6) is 0 Å². The van der Waals surface area contributed by atoms with E-state index in [0.717, 1.165) is 23.7 Å². The largest absolute Gasteiger partial charge is 0.338 e. The summed E-state index contributed by atoms with van der Waals surface area (Å²) in [6, 6.07) is 2.47. The number of halogens is 1. The van der Waals surface area contributed by atoms with E-state index in [-0.39, 0.29) is 6.03 Å². The molecule has 2 amide bonds. The molecule has 5 heteroatoms. The second kappa shape index (κ2) is 6.40. The first kappa shape index (κ1) is 12.9. The topological polar surface area (TPSA) is 41.1 Å². The monoisotopic (exact) mass is 316 g/mol. The first-order chi connectivity index (χ1) is 8.24. The van der Waals surface area contributed by atoms with E-state index in [9.17, 15) is 4.79 Å². The van der Waals surface area contributed by atoms with E-state index < -0.39 is 0 Å². The summed E-state index contributed by atoms with van der Waals surface area (Å²) in [6.07, 6.45) is 5.65. The van der Waals surface area contributed by atoms with Gasteiger partial charge in [0.05, 0.1) is 0 Å². The molecule has 0 bridgehead atoms. The summed E-state index contributed by atoms with van der Waals surface area (Å²) in [4.78, 5) is 12.9. The SMILES string of the molecule is O=C(NCCc1cc(Br)cs1)NC1CCCC1. The number of carbonyl (C=O) groups is 1. The van der Waals surface area contributed by atoms with Crippen LogP contribution in [0.3, 0.4) is 0 Å². The van der Waals surface area contributed by atoms with Crippen LogP contribution in [0, 0.1) is 0 Å². The van der Waals surface area contributed by atoms with E-state index in [1.54, 1.807) is 11.3 Å². The Morgan fingerprint density at radius 3 is 2.88 bits per heavy atom.